The van der Waals surface area contributed by atoms with E-state index in [1.807, 2.05) is 6.08 Å². The van der Waals surface area contributed by atoms with Crippen LogP contribution in [-0.2, 0) is 23.7 Å². The van der Waals surface area contributed by atoms with Crippen LogP contribution in [0.1, 0.15) is 110 Å². The summed E-state index contributed by atoms with van der Waals surface area (Å²) in [5, 5.41) is 62.2. The third kappa shape index (κ3) is 8.65. The average Bonchev–Trinajstić information content (AvgIpc) is 3.83. The Kier molecular flexibility index (Phi) is 14.5. The Bertz CT molecular complexity index is 1350. The summed E-state index contributed by atoms with van der Waals surface area (Å²) >= 11 is 0. The fourth-order valence-electron chi connectivity index (χ4n) is 14.0. The maximum absolute atomic E-state index is 13.4. The molecule has 13 heteroatoms. The number of nitrogens with two attached hydrogens (primary N) is 1. The van der Waals surface area contributed by atoms with Gasteiger partial charge in [0.05, 0.1) is 61.4 Å². The van der Waals surface area contributed by atoms with Crippen molar-refractivity contribution in [1.29, 1.82) is 0 Å². The number of allylic oxidation sites excluding steroid dienone is 1. The van der Waals surface area contributed by atoms with Crippen molar-refractivity contribution in [1.82, 2.24) is 10.6 Å². The van der Waals surface area contributed by atoms with E-state index in [4.69, 9.17) is 24.7 Å². The summed E-state index contributed by atoms with van der Waals surface area (Å²) in [6.45, 7) is 3.22. The minimum Gasteiger partial charge on any atom is -0.481 e. The van der Waals surface area contributed by atoms with Crippen molar-refractivity contribution in [2.75, 3.05) is 34.0 Å². The van der Waals surface area contributed by atoms with Gasteiger partial charge in [-0.2, -0.15) is 0 Å². The normalized spacial score (nSPS) is 47.5. The Morgan fingerprint density at radius 1 is 0.895 bits per heavy atom. The Morgan fingerprint density at radius 2 is 1.65 bits per heavy atom. The van der Waals surface area contributed by atoms with Gasteiger partial charge in [-0.1, -0.05) is 25.0 Å². The number of ether oxygens (including phenoxy) is 4. The van der Waals surface area contributed by atoms with Crippen LogP contribution in [0.3, 0.4) is 0 Å². The third-order valence-electron chi connectivity index (χ3n) is 16.4. The highest BCUT2D eigenvalue weighted by Gasteiger charge is 2.69. The molecule has 18 atom stereocenters. The van der Waals surface area contributed by atoms with E-state index in [2.05, 4.69) is 23.6 Å². The molecule has 9 N–H and O–H groups in total. The number of aliphatic carboxylic acids is 1. The van der Waals surface area contributed by atoms with Crippen LogP contribution in [0.15, 0.2) is 12.2 Å². The van der Waals surface area contributed by atoms with Crippen molar-refractivity contribution >= 4 is 5.97 Å². The molecule has 6 fully saturated rings. The molecule has 0 aromatic rings. The Hall–Kier alpha value is -1.23. The zero-order valence-electron chi connectivity index (χ0n) is 34.8. The van der Waals surface area contributed by atoms with E-state index in [0.29, 0.717) is 31.6 Å². The van der Waals surface area contributed by atoms with E-state index in [0.717, 1.165) is 83.6 Å². The molecule has 0 aromatic carbocycles. The molecule has 3 heterocycles. The average molecular weight is 806 g/mol. The van der Waals surface area contributed by atoms with E-state index in [1.165, 1.54) is 0 Å². The van der Waals surface area contributed by atoms with Crippen LogP contribution in [-0.4, -0.2) is 133 Å². The lowest BCUT2D eigenvalue weighted by Gasteiger charge is -2.63. The van der Waals surface area contributed by atoms with Crippen LogP contribution in [0.25, 0.3) is 0 Å². The lowest BCUT2D eigenvalue weighted by Crippen LogP contribution is -2.70. The van der Waals surface area contributed by atoms with Gasteiger partial charge >= 0.3 is 5.97 Å². The second-order valence-corrected chi connectivity index (χ2v) is 19.5. The van der Waals surface area contributed by atoms with Gasteiger partial charge in [-0.05, 0) is 132 Å². The zero-order valence-corrected chi connectivity index (χ0v) is 34.8. The number of piperidine rings is 2. The van der Waals surface area contributed by atoms with Crippen LogP contribution in [0, 0.1) is 46.3 Å². The predicted octanol–water partition coefficient (Wildman–Crippen LogP) is 3.10. The molecule has 18 unspecified atom stereocenters. The number of aliphatic hydroxyl groups excluding tert-OH is 4. The van der Waals surface area contributed by atoms with E-state index in [-0.39, 0.29) is 78.9 Å². The maximum atomic E-state index is 13.4. The molecule has 3 saturated carbocycles. The van der Waals surface area contributed by atoms with Gasteiger partial charge in [-0.3, -0.25) is 4.79 Å². The third-order valence-corrected chi connectivity index (χ3v) is 16.4. The maximum Gasteiger partial charge on any atom is 0.311 e. The monoisotopic (exact) mass is 806 g/mol. The molecule has 0 bridgehead atoms. The van der Waals surface area contributed by atoms with Gasteiger partial charge < -0.3 is 60.8 Å². The molecular weight excluding hydrogens is 730 g/mol. The summed E-state index contributed by atoms with van der Waals surface area (Å²) in [5.74, 6) is -1.12. The van der Waals surface area contributed by atoms with Crippen molar-refractivity contribution < 1.29 is 49.3 Å². The Labute approximate surface area is 340 Å². The van der Waals surface area contributed by atoms with Crippen molar-refractivity contribution in [3.8, 4) is 0 Å². The number of rotatable bonds is 13. The number of carbonyl (C=O) groups is 1. The number of carboxylic acid groups (broad SMARTS) is 1. The van der Waals surface area contributed by atoms with Gasteiger partial charge in [0.2, 0.25) is 0 Å². The SMILES string of the molecule is COC1CC(CCC2CC(O)C(CCO)C(C3CC(OC)C(O)C(OCC4NC(C)CC5(CCCC5)C45C(C(=O)O)C=CC5C4CCNC(N)C4)C3)O2)CCC1O. The number of fused-ring (bicyclic) bond motifs is 1. The summed E-state index contributed by atoms with van der Waals surface area (Å²) in [6, 6.07) is -0.0885. The molecule has 0 aromatic heterocycles. The molecule has 13 nitrogen and oxygen atoms in total. The second-order valence-electron chi connectivity index (χ2n) is 19.5. The van der Waals surface area contributed by atoms with Crippen LogP contribution in [0.2, 0.25) is 0 Å². The zero-order chi connectivity index (χ0) is 40.5. The van der Waals surface area contributed by atoms with Gasteiger partial charge in [0.25, 0.3) is 0 Å². The fourth-order valence-corrected chi connectivity index (χ4v) is 14.0. The van der Waals surface area contributed by atoms with E-state index >= 15 is 0 Å². The van der Waals surface area contributed by atoms with Crippen LogP contribution >= 0.6 is 0 Å². The second kappa shape index (κ2) is 18.8. The Morgan fingerprint density at radius 3 is 2.35 bits per heavy atom. The molecule has 4 aliphatic carbocycles. The van der Waals surface area contributed by atoms with Gasteiger partial charge in [-0.25, -0.2) is 0 Å². The van der Waals surface area contributed by atoms with E-state index in [1.54, 1.807) is 14.2 Å². The molecule has 3 aliphatic heterocycles. The molecule has 0 amide bonds. The first-order valence-electron chi connectivity index (χ1n) is 22.6. The smallest absolute Gasteiger partial charge is 0.311 e. The molecule has 326 valence electrons. The minimum atomic E-state index is -0.894. The number of hydrogen-bond donors (Lipinski definition) is 8. The quantitative estimate of drug-likeness (QED) is 0.126. The molecule has 0 radical (unpaired) electrons. The highest BCUT2D eigenvalue weighted by atomic mass is 16.5. The summed E-state index contributed by atoms with van der Waals surface area (Å²) < 4.78 is 25.4. The van der Waals surface area contributed by atoms with Crippen molar-refractivity contribution in [2.45, 2.75) is 177 Å². The first kappa shape index (κ1) is 43.8. The molecular formula is C44H75N3O10. The lowest BCUT2D eigenvalue weighted by atomic mass is 9.45. The van der Waals surface area contributed by atoms with Crippen LogP contribution in [0.5, 0.6) is 0 Å². The number of hydrogen-bond acceptors (Lipinski definition) is 12. The first-order valence-corrected chi connectivity index (χ1v) is 22.6. The standard InChI is InChI=1S/C44H75N3O10/c1-25-23-43(14-4-5-15-43)44(31(9-10-32(44)42(52)53)27-12-16-46-39(45)21-27)38(47-25)24-56-37-20-28(19-36(55-3)40(37)51)41-30(13-17-48)34(50)22-29(57-41)8-6-26-7-11-33(49)35(18-26)54-2/h9-10,25-41,46-51H,4-8,11-24,45H2,1-3H3,(H,52,53). The molecule has 7 aliphatic rings. The lowest BCUT2D eigenvalue weighted by molar-refractivity contribution is -0.206. The molecule has 7 rings (SSSR count). The summed E-state index contributed by atoms with van der Waals surface area (Å²) in [7, 11) is 3.27. The summed E-state index contributed by atoms with van der Waals surface area (Å²) in [6.07, 6.45) is 13.3. The fraction of sp³-hybridized carbons (Fsp3) is 0.932. The highest BCUT2D eigenvalue weighted by Crippen LogP contribution is 2.69. The summed E-state index contributed by atoms with van der Waals surface area (Å²) in [4.78, 5) is 13.4. The topological polar surface area (TPSA) is 205 Å². The minimum absolute atomic E-state index is 0.0292. The van der Waals surface area contributed by atoms with Crippen molar-refractivity contribution in [3.05, 3.63) is 12.2 Å². The Balaban J connectivity index is 1.12. The molecule has 3 saturated heterocycles. The first-order chi connectivity index (χ1) is 27.4. The summed E-state index contributed by atoms with van der Waals surface area (Å²) in [5.41, 5.74) is 5.73. The van der Waals surface area contributed by atoms with Crippen molar-refractivity contribution in [3.63, 3.8) is 0 Å². The number of carboxylic acids is 1. The number of nitrogens with one attached hydrogen (secondary N) is 2. The van der Waals surface area contributed by atoms with Gasteiger partial charge in [0.15, 0.2) is 0 Å². The van der Waals surface area contributed by atoms with E-state index < -0.39 is 47.8 Å². The molecule has 2 spiro atoms. The van der Waals surface area contributed by atoms with E-state index in [9.17, 15) is 30.3 Å². The van der Waals surface area contributed by atoms with Crippen LogP contribution in [0.4, 0.5) is 0 Å². The largest absolute Gasteiger partial charge is 0.481 e. The van der Waals surface area contributed by atoms with Crippen LogP contribution < -0.4 is 16.4 Å². The molecule has 57 heavy (non-hydrogen) atoms. The van der Waals surface area contributed by atoms with Gasteiger partial charge in [0.1, 0.15) is 6.10 Å². The number of aliphatic hydroxyl groups is 4. The number of methoxy groups -OCH3 is 2. The highest BCUT2D eigenvalue weighted by molar-refractivity contribution is 5.75. The van der Waals surface area contributed by atoms with Gasteiger partial charge in [-0.15, -0.1) is 0 Å². The van der Waals surface area contributed by atoms with Crippen molar-refractivity contribution in [2.24, 2.45) is 52.1 Å². The predicted molar refractivity (Wildman–Crippen MR) is 214 cm³/mol. The van der Waals surface area contributed by atoms with Gasteiger partial charge in [0, 0.05) is 44.2 Å².